The first-order chi connectivity index (χ1) is 10.1. The molecule has 0 saturated carbocycles. The van der Waals surface area contributed by atoms with Crippen molar-refractivity contribution in [1.82, 2.24) is 9.97 Å². The molecule has 1 aromatic heterocycles. The van der Waals surface area contributed by atoms with Gasteiger partial charge in [-0.3, -0.25) is 0 Å². The Balaban J connectivity index is 2.80. The fourth-order valence-corrected chi connectivity index (χ4v) is 0.789. The summed E-state index contributed by atoms with van der Waals surface area (Å²) < 4.78 is 81.1. The molecule has 0 unspecified atom stereocenters. The van der Waals surface area contributed by atoms with Crippen LogP contribution < -0.4 is 4.90 Å². The number of nitrogens with zero attached hydrogens (tertiary/aromatic N) is 3. The Labute approximate surface area is 95.6 Å². The van der Waals surface area contributed by atoms with Crippen LogP contribution in [0.3, 0.4) is 0 Å². The van der Waals surface area contributed by atoms with Crippen LogP contribution in [0.1, 0.15) is 13.7 Å². The lowest BCUT2D eigenvalue weighted by atomic mass is 10.4. The van der Waals surface area contributed by atoms with Crippen molar-refractivity contribution in [1.29, 1.82) is 0 Å². The molecular formula is C8H10ClN3O. The molecule has 1 saturated heterocycles. The van der Waals surface area contributed by atoms with Gasteiger partial charge < -0.3 is 9.64 Å². The molecule has 2 heterocycles. The van der Waals surface area contributed by atoms with Crippen LogP contribution in [0.2, 0.25) is 5.28 Å². The molecule has 1 aliphatic rings. The third-order valence-corrected chi connectivity index (χ3v) is 1.31. The first-order valence-corrected chi connectivity index (χ1v) is 3.54. The minimum Gasteiger partial charge on any atom is -0.378 e. The zero-order valence-electron chi connectivity index (χ0n) is 16.1. The topological polar surface area (TPSA) is 38.2 Å². The summed E-state index contributed by atoms with van der Waals surface area (Å²) in [4.78, 5) is 6.81. The van der Waals surface area contributed by atoms with Crippen molar-refractivity contribution in [2.24, 2.45) is 0 Å². The first-order valence-electron chi connectivity index (χ1n) is 8.16. The standard InChI is InChI=1S/C8H10ClN3O/c9-8-10-2-1-7(11-8)12-3-5-13-6-4-12/h1-2H,3-6H2/i1D,2D,3D2,4D2,5D2,6D2. The van der Waals surface area contributed by atoms with Gasteiger partial charge in [0.1, 0.15) is 5.82 Å². The molecule has 0 radical (unpaired) electrons. The summed E-state index contributed by atoms with van der Waals surface area (Å²) in [6.07, 6.45) is -0.751. The van der Waals surface area contributed by atoms with E-state index in [9.17, 15) is 0 Å². The minimum absolute atomic E-state index is 0.0164. The molecule has 0 aromatic carbocycles. The quantitative estimate of drug-likeness (QED) is 0.646. The largest absolute Gasteiger partial charge is 0.378 e. The van der Waals surface area contributed by atoms with Gasteiger partial charge in [0, 0.05) is 19.2 Å². The third kappa shape index (κ3) is 2.08. The summed E-state index contributed by atoms with van der Waals surface area (Å²) in [6, 6.07) is -0.837. The highest BCUT2D eigenvalue weighted by atomic mass is 35.5. The van der Waals surface area contributed by atoms with Gasteiger partial charge in [0.05, 0.1) is 26.8 Å². The van der Waals surface area contributed by atoms with Gasteiger partial charge in [-0.15, -0.1) is 0 Å². The molecule has 0 aliphatic carbocycles. The van der Waals surface area contributed by atoms with Crippen LogP contribution in [0.15, 0.2) is 12.2 Å². The fraction of sp³-hybridized carbons (Fsp3) is 0.500. The van der Waals surface area contributed by atoms with E-state index in [1.165, 1.54) is 0 Å². The summed E-state index contributed by atoms with van der Waals surface area (Å²) in [5, 5.41) is -0.597. The molecule has 0 atom stereocenters. The van der Waals surface area contributed by atoms with Crippen molar-refractivity contribution in [3.05, 3.63) is 17.5 Å². The zero-order chi connectivity index (χ0) is 18.0. The molecule has 13 heavy (non-hydrogen) atoms. The van der Waals surface area contributed by atoms with Crippen molar-refractivity contribution < 1.29 is 18.4 Å². The average Bonchev–Trinajstić information content (AvgIpc) is 2.31. The van der Waals surface area contributed by atoms with E-state index < -0.39 is 49.4 Å². The lowest BCUT2D eigenvalue weighted by Gasteiger charge is -2.27. The van der Waals surface area contributed by atoms with Crippen LogP contribution in [0.25, 0.3) is 0 Å². The number of anilines is 1. The maximum Gasteiger partial charge on any atom is 0.224 e. The number of hydrogen-bond donors (Lipinski definition) is 0. The van der Waals surface area contributed by atoms with Gasteiger partial charge in [0.15, 0.2) is 0 Å². The van der Waals surface area contributed by atoms with Gasteiger partial charge in [-0.1, -0.05) is 0 Å². The number of ether oxygens (including phenoxy) is 1. The Hall–Kier alpha value is -0.870. The predicted molar refractivity (Wildman–Crippen MR) is 50.1 cm³/mol. The molecule has 0 amide bonds. The maximum atomic E-state index is 7.83. The summed E-state index contributed by atoms with van der Waals surface area (Å²) >= 11 is 5.55. The fourth-order valence-electron chi connectivity index (χ4n) is 0.667. The molecule has 1 aromatic rings. The number of aromatic nitrogens is 2. The molecule has 4 nitrogen and oxygen atoms in total. The highest BCUT2D eigenvalue weighted by Crippen LogP contribution is 2.13. The number of hydrogen-bond acceptors (Lipinski definition) is 4. The first kappa shape index (κ1) is 2.81. The molecule has 1 aliphatic heterocycles. The lowest BCUT2D eigenvalue weighted by molar-refractivity contribution is 0.122. The van der Waals surface area contributed by atoms with E-state index in [1.807, 2.05) is 0 Å². The Morgan fingerprint density at radius 3 is 3.15 bits per heavy atom. The van der Waals surface area contributed by atoms with Crippen LogP contribution in [0.5, 0.6) is 0 Å². The average molecular weight is 210 g/mol. The van der Waals surface area contributed by atoms with E-state index in [1.54, 1.807) is 0 Å². The molecule has 0 N–H and O–H groups in total. The molecule has 5 heteroatoms. The number of rotatable bonds is 1. The molecule has 0 bridgehead atoms. The summed E-state index contributed by atoms with van der Waals surface area (Å²) in [6.45, 7) is -13.1. The normalized spacial score (nSPS) is 44.2. The van der Waals surface area contributed by atoms with E-state index in [2.05, 4.69) is 14.7 Å². The van der Waals surface area contributed by atoms with Crippen LogP contribution in [-0.2, 0) is 4.74 Å². The van der Waals surface area contributed by atoms with Gasteiger partial charge >= 0.3 is 0 Å². The highest BCUT2D eigenvalue weighted by molar-refractivity contribution is 6.28. The van der Waals surface area contributed by atoms with Gasteiger partial charge in [0.2, 0.25) is 5.28 Å². The van der Waals surface area contributed by atoms with Gasteiger partial charge in [-0.25, -0.2) is 9.97 Å². The van der Waals surface area contributed by atoms with Crippen molar-refractivity contribution in [2.45, 2.75) is 0 Å². The predicted octanol–water partition coefficient (Wildman–Crippen LogP) is 0.967. The Morgan fingerprint density at radius 1 is 1.62 bits per heavy atom. The van der Waals surface area contributed by atoms with E-state index in [4.69, 9.17) is 25.3 Å². The third-order valence-electron chi connectivity index (χ3n) is 1.14. The van der Waals surface area contributed by atoms with Gasteiger partial charge in [0.25, 0.3) is 0 Å². The molecule has 1 fully saturated rings. The SMILES string of the molecule is [2H]c1nc(Cl)nc(N2C([2H])([2H])C([2H])([2H])OC([2H])([2H])C2([2H])[2H])c1[2H]. The second-order valence-electron chi connectivity index (χ2n) is 1.92. The monoisotopic (exact) mass is 209 g/mol. The van der Waals surface area contributed by atoms with E-state index in [0.717, 1.165) is 0 Å². The summed E-state index contributed by atoms with van der Waals surface area (Å²) in [5.74, 6) is -0.860. The summed E-state index contributed by atoms with van der Waals surface area (Å²) in [5.41, 5.74) is 0. The number of halogens is 1. The van der Waals surface area contributed by atoms with E-state index in [-0.39, 0.29) is 4.90 Å². The smallest absolute Gasteiger partial charge is 0.224 e. The lowest BCUT2D eigenvalue weighted by Crippen LogP contribution is -2.36. The highest BCUT2D eigenvalue weighted by Gasteiger charge is 2.12. The van der Waals surface area contributed by atoms with Crippen LogP contribution >= 0.6 is 11.6 Å². The van der Waals surface area contributed by atoms with Gasteiger partial charge in [-0.2, -0.15) is 0 Å². The van der Waals surface area contributed by atoms with E-state index in [0.29, 0.717) is 0 Å². The van der Waals surface area contributed by atoms with Crippen molar-refractivity contribution in [3.8, 4) is 0 Å². The number of morpholine rings is 1. The Morgan fingerprint density at radius 2 is 2.38 bits per heavy atom. The minimum atomic E-state index is -3.28. The Kier molecular flexibility index (Phi) is 0.841. The maximum absolute atomic E-state index is 7.83. The second-order valence-corrected chi connectivity index (χ2v) is 2.26. The van der Waals surface area contributed by atoms with Crippen molar-refractivity contribution in [2.75, 3.05) is 31.0 Å². The Bertz CT molecular complexity index is 627. The zero-order valence-corrected chi connectivity index (χ0v) is 6.88. The van der Waals surface area contributed by atoms with Crippen molar-refractivity contribution >= 4 is 17.4 Å². The molecule has 0 spiro atoms. The van der Waals surface area contributed by atoms with Crippen molar-refractivity contribution in [3.63, 3.8) is 0 Å². The van der Waals surface area contributed by atoms with Crippen LogP contribution in [0.4, 0.5) is 5.82 Å². The second kappa shape index (κ2) is 3.89. The molecular weight excluding hydrogens is 190 g/mol. The van der Waals surface area contributed by atoms with Gasteiger partial charge in [-0.05, 0) is 17.6 Å². The molecule has 2 rings (SSSR count). The van der Waals surface area contributed by atoms with Crippen LogP contribution in [-0.4, -0.2) is 36.1 Å². The van der Waals surface area contributed by atoms with E-state index >= 15 is 0 Å². The summed E-state index contributed by atoms with van der Waals surface area (Å²) in [7, 11) is 0. The van der Waals surface area contributed by atoms with Crippen LogP contribution in [0, 0.1) is 0 Å². The molecule has 70 valence electrons.